The second-order valence-corrected chi connectivity index (χ2v) is 8.80. The molecule has 9 nitrogen and oxygen atoms in total. The number of amides is 2. The summed E-state index contributed by atoms with van der Waals surface area (Å²) < 4.78 is 5.34. The SMILES string of the molecule is O=C1S/C(=C\c2sc(N3CCOCC3)nc2Cl)C(=O)N1Cc1ccc([N+](=O)[O-])cc1. The Morgan fingerprint density at radius 1 is 1.23 bits per heavy atom. The van der Waals surface area contributed by atoms with Crippen molar-refractivity contribution in [2.45, 2.75) is 6.54 Å². The molecular weight excluding hydrogens is 452 g/mol. The van der Waals surface area contributed by atoms with Crippen molar-refractivity contribution in [2.75, 3.05) is 31.2 Å². The van der Waals surface area contributed by atoms with Crippen molar-refractivity contribution in [3.05, 3.63) is 54.9 Å². The number of non-ortho nitro benzene ring substituents is 1. The monoisotopic (exact) mass is 466 g/mol. The predicted octanol–water partition coefficient (Wildman–Crippen LogP) is 3.78. The summed E-state index contributed by atoms with van der Waals surface area (Å²) in [4.78, 5) is 43.8. The summed E-state index contributed by atoms with van der Waals surface area (Å²) in [7, 11) is 0. The zero-order chi connectivity index (χ0) is 21.3. The number of rotatable bonds is 5. The molecule has 0 aliphatic carbocycles. The van der Waals surface area contributed by atoms with Crippen LogP contribution in [0.15, 0.2) is 29.2 Å². The van der Waals surface area contributed by atoms with Crippen molar-refractivity contribution < 1.29 is 19.2 Å². The Kier molecular flexibility index (Phi) is 6.04. The van der Waals surface area contributed by atoms with E-state index in [1.54, 1.807) is 6.08 Å². The molecule has 0 radical (unpaired) electrons. The van der Waals surface area contributed by atoms with Crippen LogP contribution in [0.5, 0.6) is 0 Å². The highest BCUT2D eigenvalue weighted by molar-refractivity contribution is 8.18. The molecule has 0 bridgehead atoms. The van der Waals surface area contributed by atoms with Gasteiger partial charge in [0.05, 0.1) is 34.5 Å². The van der Waals surface area contributed by atoms with Crippen molar-refractivity contribution >= 4 is 62.7 Å². The third-order valence-electron chi connectivity index (χ3n) is 4.50. The van der Waals surface area contributed by atoms with Crippen molar-refractivity contribution in [3.8, 4) is 0 Å². The average molecular weight is 467 g/mol. The molecule has 0 unspecified atom stereocenters. The fraction of sp³-hybridized carbons (Fsp3) is 0.278. The number of aromatic nitrogens is 1. The Hall–Kier alpha value is -2.47. The van der Waals surface area contributed by atoms with E-state index < -0.39 is 16.1 Å². The Labute approximate surface area is 184 Å². The average Bonchev–Trinajstić information content (AvgIpc) is 3.24. The molecule has 0 saturated carbocycles. The third kappa shape index (κ3) is 4.33. The lowest BCUT2D eigenvalue weighted by atomic mass is 10.2. The van der Waals surface area contributed by atoms with Gasteiger partial charge in [-0.2, -0.15) is 0 Å². The topological polar surface area (TPSA) is 106 Å². The fourth-order valence-corrected chi connectivity index (χ4v) is 5.09. The number of nitro groups is 1. The van der Waals surface area contributed by atoms with Crippen LogP contribution >= 0.6 is 34.7 Å². The molecule has 4 rings (SSSR count). The number of hydrogen-bond acceptors (Lipinski definition) is 9. The lowest BCUT2D eigenvalue weighted by Crippen LogP contribution is -2.36. The molecule has 12 heteroatoms. The van der Waals surface area contributed by atoms with Gasteiger partial charge in [-0.3, -0.25) is 24.6 Å². The quantitative estimate of drug-likeness (QED) is 0.372. The minimum atomic E-state index is -0.503. The molecule has 1 aromatic carbocycles. The predicted molar refractivity (Wildman–Crippen MR) is 115 cm³/mol. The summed E-state index contributed by atoms with van der Waals surface area (Å²) in [5.41, 5.74) is 0.568. The lowest BCUT2D eigenvalue weighted by molar-refractivity contribution is -0.384. The van der Waals surface area contributed by atoms with Crippen LogP contribution in [-0.4, -0.2) is 52.3 Å². The van der Waals surface area contributed by atoms with E-state index in [2.05, 4.69) is 9.88 Å². The van der Waals surface area contributed by atoms with Crippen molar-refractivity contribution in [1.29, 1.82) is 0 Å². The van der Waals surface area contributed by atoms with E-state index in [1.807, 2.05) is 0 Å². The Bertz CT molecular complexity index is 1030. The lowest BCUT2D eigenvalue weighted by Gasteiger charge is -2.25. The number of ether oxygens (including phenoxy) is 1. The van der Waals surface area contributed by atoms with Crippen LogP contribution in [0.1, 0.15) is 10.4 Å². The van der Waals surface area contributed by atoms with Gasteiger partial charge < -0.3 is 9.64 Å². The number of anilines is 1. The minimum absolute atomic E-state index is 0.0372. The standard InChI is InChI=1S/C18H15ClN4O5S2/c19-15-13(29-17(20-15)21-5-7-28-8-6-21)9-14-16(24)22(18(25)30-14)10-11-1-3-12(4-2-11)23(26)27/h1-4,9H,5-8,10H2/b14-9-. The highest BCUT2D eigenvalue weighted by Crippen LogP contribution is 2.37. The number of thiazole rings is 1. The first kappa shape index (κ1) is 20.8. The van der Waals surface area contributed by atoms with E-state index in [0.29, 0.717) is 23.7 Å². The van der Waals surface area contributed by atoms with Gasteiger partial charge in [-0.1, -0.05) is 35.1 Å². The van der Waals surface area contributed by atoms with E-state index in [4.69, 9.17) is 16.3 Å². The zero-order valence-electron chi connectivity index (χ0n) is 15.4. The number of halogens is 1. The Morgan fingerprint density at radius 3 is 2.60 bits per heavy atom. The maximum atomic E-state index is 12.7. The summed E-state index contributed by atoms with van der Waals surface area (Å²) >= 11 is 8.45. The summed E-state index contributed by atoms with van der Waals surface area (Å²) in [6.45, 7) is 2.71. The maximum absolute atomic E-state index is 12.7. The van der Waals surface area contributed by atoms with Gasteiger partial charge in [0.25, 0.3) is 16.8 Å². The number of nitrogens with zero attached hydrogens (tertiary/aromatic N) is 4. The molecule has 2 saturated heterocycles. The first-order valence-electron chi connectivity index (χ1n) is 8.90. The summed E-state index contributed by atoms with van der Waals surface area (Å²) in [6, 6.07) is 5.74. The van der Waals surface area contributed by atoms with E-state index in [1.165, 1.54) is 35.6 Å². The van der Waals surface area contributed by atoms with Gasteiger partial charge >= 0.3 is 0 Å². The molecule has 1 aromatic heterocycles. The highest BCUT2D eigenvalue weighted by Gasteiger charge is 2.35. The summed E-state index contributed by atoms with van der Waals surface area (Å²) in [5.74, 6) is -0.430. The van der Waals surface area contributed by atoms with Gasteiger partial charge in [0.1, 0.15) is 5.15 Å². The normalized spacial score (nSPS) is 18.5. The number of nitro benzene ring substituents is 1. The van der Waals surface area contributed by atoms with Gasteiger partial charge in [-0.05, 0) is 23.4 Å². The highest BCUT2D eigenvalue weighted by atomic mass is 35.5. The number of carbonyl (C=O) groups is 2. The molecule has 156 valence electrons. The van der Waals surface area contributed by atoms with Crippen LogP contribution in [0.2, 0.25) is 5.15 Å². The molecule has 0 spiro atoms. The first-order valence-corrected chi connectivity index (χ1v) is 10.9. The van der Waals surface area contributed by atoms with Gasteiger partial charge in [-0.15, -0.1) is 0 Å². The maximum Gasteiger partial charge on any atom is 0.293 e. The van der Waals surface area contributed by atoms with Crippen molar-refractivity contribution in [1.82, 2.24) is 9.88 Å². The number of thioether (sulfide) groups is 1. The third-order valence-corrected chi connectivity index (χ3v) is 6.87. The van der Waals surface area contributed by atoms with Crippen LogP contribution in [0, 0.1) is 10.1 Å². The van der Waals surface area contributed by atoms with Crippen LogP contribution in [-0.2, 0) is 16.1 Å². The van der Waals surface area contributed by atoms with Crippen LogP contribution in [0.3, 0.4) is 0 Å². The molecular formula is C18H15ClN4O5S2. The number of carbonyl (C=O) groups excluding carboxylic acids is 2. The summed E-state index contributed by atoms with van der Waals surface area (Å²) in [5, 5.41) is 11.4. The van der Waals surface area contributed by atoms with E-state index in [-0.39, 0.29) is 22.3 Å². The van der Waals surface area contributed by atoms with E-state index in [0.717, 1.165) is 34.9 Å². The molecule has 2 fully saturated rings. The fourth-order valence-electron chi connectivity index (χ4n) is 2.94. The van der Waals surface area contributed by atoms with E-state index in [9.17, 15) is 19.7 Å². The summed E-state index contributed by atoms with van der Waals surface area (Å²) in [6.07, 6.45) is 1.59. The van der Waals surface area contributed by atoms with Crippen LogP contribution in [0.4, 0.5) is 15.6 Å². The largest absolute Gasteiger partial charge is 0.378 e. The Morgan fingerprint density at radius 2 is 1.93 bits per heavy atom. The minimum Gasteiger partial charge on any atom is -0.378 e. The van der Waals surface area contributed by atoms with Crippen LogP contribution < -0.4 is 4.90 Å². The van der Waals surface area contributed by atoms with Crippen molar-refractivity contribution in [3.63, 3.8) is 0 Å². The molecule has 2 aromatic rings. The Balaban J connectivity index is 1.50. The number of imide groups is 1. The molecule has 30 heavy (non-hydrogen) atoms. The van der Waals surface area contributed by atoms with Gasteiger partial charge in [0, 0.05) is 25.2 Å². The molecule has 0 atom stereocenters. The molecule has 2 amide bonds. The molecule has 3 heterocycles. The second-order valence-electron chi connectivity index (χ2n) is 6.44. The smallest absolute Gasteiger partial charge is 0.293 e. The number of hydrogen-bond donors (Lipinski definition) is 0. The van der Waals surface area contributed by atoms with Gasteiger partial charge in [-0.25, -0.2) is 4.98 Å². The zero-order valence-corrected chi connectivity index (χ0v) is 17.8. The van der Waals surface area contributed by atoms with E-state index >= 15 is 0 Å². The molecule has 2 aliphatic rings. The van der Waals surface area contributed by atoms with Crippen molar-refractivity contribution in [2.24, 2.45) is 0 Å². The molecule has 2 aliphatic heterocycles. The number of benzene rings is 1. The van der Waals surface area contributed by atoms with Gasteiger partial charge in [0.15, 0.2) is 5.13 Å². The molecule has 0 N–H and O–H groups in total. The second kappa shape index (κ2) is 8.72. The van der Waals surface area contributed by atoms with Crippen LogP contribution in [0.25, 0.3) is 6.08 Å². The first-order chi connectivity index (χ1) is 14.4. The van der Waals surface area contributed by atoms with Gasteiger partial charge in [0.2, 0.25) is 0 Å². The number of morpholine rings is 1.